The van der Waals surface area contributed by atoms with E-state index in [1.165, 1.54) is 6.33 Å². The molecule has 0 aliphatic carbocycles. The Hall–Kier alpha value is -2.18. The summed E-state index contributed by atoms with van der Waals surface area (Å²) in [5.41, 5.74) is 5.00. The molecule has 0 fully saturated rings. The third kappa shape index (κ3) is 2.96. The normalized spacial score (nSPS) is 11.9. The number of hydrogen-bond acceptors (Lipinski definition) is 5. The second-order valence-electron chi connectivity index (χ2n) is 4.29. The van der Waals surface area contributed by atoms with E-state index in [1.54, 1.807) is 34.8 Å². The topological polar surface area (TPSA) is 67.5 Å². The average molecular weight is 321 g/mol. The van der Waals surface area contributed by atoms with Crippen molar-refractivity contribution in [2.45, 2.75) is 6.92 Å². The van der Waals surface area contributed by atoms with Crippen molar-refractivity contribution in [3.05, 3.63) is 52.3 Å². The number of hydrazone groups is 1. The molecule has 3 rings (SSSR count). The van der Waals surface area contributed by atoms with Crippen molar-refractivity contribution in [1.82, 2.24) is 19.8 Å². The van der Waals surface area contributed by atoms with E-state index < -0.39 is 0 Å². The SMILES string of the molecule is C/C(=N\Nc1ccc2nncn2n1)c1cc(Cl)ccc1Cl. The molecule has 0 unspecified atom stereocenters. The molecule has 1 aromatic carbocycles. The van der Waals surface area contributed by atoms with Gasteiger partial charge in [0.1, 0.15) is 6.33 Å². The molecule has 8 heteroatoms. The lowest BCUT2D eigenvalue weighted by Crippen LogP contribution is -2.03. The first-order chi connectivity index (χ1) is 10.1. The minimum atomic E-state index is 0.569. The Balaban J connectivity index is 1.85. The molecule has 0 saturated heterocycles. The smallest absolute Gasteiger partial charge is 0.177 e. The van der Waals surface area contributed by atoms with Crippen LogP contribution in [0.5, 0.6) is 0 Å². The molecule has 0 bridgehead atoms. The lowest BCUT2D eigenvalue weighted by atomic mass is 10.1. The van der Waals surface area contributed by atoms with Gasteiger partial charge < -0.3 is 0 Å². The van der Waals surface area contributed by atoms with Gasteiger partial charge in [0, 0.05) is 15.6 Å². The van der Waals surface area contributed by atoms with Gasteiger partial charge in [-0.2, -0.15) is 9.62 Å². The van der Waals surface area contributed by atoms with Gasteiger partial charge in [0.05, 0.1) is 5.71 Å². The highest BCUT2D eigenvalue weighted by molar-refractivity contribution is 6.36. The van der Waals surface area contributed by atoms with Crippen LogP contribution in [-0.2, 0) is 0 Å². The quantitative estimate of drug-likeness (QED) is 0.594. The van der Waals surface area contributed by atoms with E-state index in [1.807, 2.05) is 6.92 Å². The maximum atomic E-state index is 6.13. The Kier molecular flexibility index (Phi) is 3.72. The molecule has 1 N–H and O–H groups in total. The molecule has 6 nitrogen and oxygen atoms in total. The minimum Gasteiger partial charge on any atom is -0.260 e. The van der Waals surface area contributed by atoms with Crippen LogP contribution < -0.4 is 5.43 Å². The van der Waals surface area contributed by atoms with E-state index in [0.29, 0.717) is 27.2 Å². The fraction of sp³-hybridized carbons (Fsp3) is 0.0769. The number of fused-ring (bicyclic) bond motifs is 1. The Morgan fingerprint density at radius 2 is 2.10 bits per heavy atom. The van der Waals surface area contributed by atoms with Crippen molar-refractivity contribution < 1.29 is 0 Å². The molecule has 0 spiro atoms. The summed E-state index contributed by atoms with van der Waals surface area (Å²) in [6.45, 7) is 1.84. The van der Waals surface area contributed by atoms with E-state index >= 15 is 0 Å². The Bertz CT molecular complexity index is 826. The highest BCUT2D eigenvalue weighted by Gasteiger charge is 2.05. The van der Waals surface area contributed by atoms with Gasteiger partial charge in [-0.1, -0.05) is 23.2 Å². The predicted octanol–water partition coefficient (Wildman–Crippen LogP) is 3.27. The van der Waals surface area contributed by atoms with Gasteiger partial charge in [-0.25, -0.2) is 0 Å². The van der Waals surface area contributed by atoms with E-state index in [-0.39, 0.29) is 0 Å². The predicted molar refractivity (Wildman–Crippen MR) is 83.1 cm³/mol. The number of hydrogen-bond donors (Lipinski definition) is 1. The molecular formula is C13H10Cl2N6. The Morgan fingerprint density at radius 1 is 1.24 bits per heavy atom. The molecule has 2 aromatic heterocycles. The average Bonchev–Trinajstić information content (AvgIpc) is 2.94. The highest BCUT2D eigenvalue weighted by atomic mass is 35.5. The second-order valence-corrected chi connectivity index (χ2v) is 5.13. The van der Waals surface area contributed by atoms with Gasteiger partial charge >= 0.3 is 0 Å². The fourth-order valence-electron chi connectivity index (χ4n) is 1.76. The first-order valence-corrected chi connectivity index (χ1v) is 6.82. The second kappa shape index (κ2) is 5.67. The number of rotatable bonds is 3. The summed E-state index contributed by atoms with van der Waals surface area (Å²) in [6, 6.07) is 8.79. The number of benzene rings is 1. The molecule has 2 heterocycles. The summed E-state index contributed by atoms with van der Waals surface area (Å²) >= 11 is 12.1. The van der Waals surface area contributed by atoms with Gasteiger partial charge in [-0.15, -0.1) is 15.3 Å². The van der Waals surface area contributed by atoms with Crippen LogP contribution in [-0.4, -0.2) is 25.5 Å². The molecule has 0 radical (unpaired) electrons. The van der Waals surface area contributed by atoms with Gasteiger partial charge in [-0.3, -0.25) is 5.43 Å². The molecule has 0 aliphatic heterocycles. The number of halogens is 2. The third-order valence-corrected chi connectivity index (χ3v) is 3.38. The maximum absolute atomic E-state index is 6.13. The summed E-state index contributed by atoms with van der Waals surface area (Å²) < 4.78 is 1.56. The summed E-state index contributed by atoms with van der Waals surface area (Å²) in [5.74, 6) is 0.569. The van der Waals surface area contributed by atoms with E-state index in [9.17, 15) is 0 Å². The van der Waals surface area contributed by atoms with Crippen LogP contribution in [0.3, 0.4) is 0 Å². The van der Waals surface area contributed by atoms with Gasteiger partial charge in [0.2, 0.25) is 0 Å². The summed E-state index contributed by atoms with van der Waals surface area (Å²) in [7, 11) is 0. The molecule has 0 saturated carbocycles. The van der Waals surface area contributed by atoms with Crippen molar-refractivity contribution in [3.63, 3.8) is 0 Å². The number of anilines is 1. The van der Waals surface area contributed by atoms with Crippen LogP contribution in [0.1, 0.15) is 12.5 Å². The van der Waals surface area contributed by atoms with E-state index in [0.717, 1.165) is 5.56 Å². The summed E-state index contributed by atoms with van der Waals surface area (Å²) in [5, 5.41) is 17.4. The zero-order chi connectivity index (χ0) is 14.8. The zero-order valence-corrected chi connectivity index (χ0v) is 12.5. The first-order valence-electron chi connectivity index (χ1n) is 6.06. The largest absolute Gasteiger partial charge is 0.260 e. The molecule has 0 aliphatic rings. The third-order valence-electron chi connectivity index (χ3n) is 2.82. The molecule has 0 atom stereocenters. The van der Waals surface area contributed by atoms with Crippen LogP contribution in [0.15, 0.2) is 41.8 Å². The fourth-order valence-corrected chi connectivity index (χ4v) is 2.19. The number of nitrogens with one attached hydrogen (secondary N) is 1. The molecule has 106 valence electrons. The molecule has 21 heavy (non-hydrogen) atoms. The summed E-state index contributed by atoms with van der Waals surface area (Å²) in [4.78, 5) is 0. The highest BCUT2D eigenvalue weighted by Crippen LogP contribution is 2.21. The van der Waals surface area contributed by atoms with E-state index in [4.69, 9.17) is 23.2 Å². The van der Waals surface area contributed by atoms with Crippen LogP contribution in [0, 0.1) is 0 Å². The van der Waals surface area contributed by atoms with Crippen molar-refractivity contribution in [2.75, 3.05) is 5.43 Å². The standard InChI is InChI=1S/C13H10Cl2N6/c1-8(10-6-9(14)2-3-11(10)15)17-18-12-4-5-13-19-16-7-21(13)20-12/h2-7H,1H3,(H,18,20)/b17-8+. The van der Waals surface area contributed by atoms with Gasteiger partial charge in [0.25, 0.3) is 0 Å². The van der Waals surface area contributed by atoms with Crippen LogP contribution >= 0.6 is 23.2 Å². The van der Waals surface area contributed by atoms with Crippen molar-refractivity contribution in [2.24, 2.45) is 5.10 Å². The lowest BCUT2D eigenvalue weighted by Gasteiger charge is -2.05. The van der Waals surface area contributed by atoms with Gasteiger partial charge in [-0.05, 0) is 37.3 Å². The van der Waals surface area contributed by atoms with Crippen LogP contribution in [0.25, 0.3) is 5.65 Å². The Morgan fingerprint density at radius 3 is 2.95 bits per heavy atom. The minimum absolute atomic E-state index is 0.569. The van der Waals surface area contributed by atoms with Crippen molar-refractivity contribution in [3.8, 4) is 0 Å². The molecule has 3 aromatic rings. The number of nitrogens with zero attached hydrogens (tertiary/aromatic N) is 5. The summed E-state index contributed by atoms with van der Waals surface area (Å²) in [6.07, 6.45) is 1.52. The number of aromatic nitrogens is 4. The van der Waals surface area contributed by atoms with Crippen molar-refractivity contribution >= 4 is 40.4 Å². The maximum Gasteiger partial charge on any atom is 0.177 e. The monoisotopic (exact) mass is 320 g/mol. The molecular weight excluding hydrogens is 311 g/mol. The van der Waals surface area contributed by atoms with Crippen LogP contribution in [0.2, 0.25) is 10.0 Å². The Labute approximate surface area is 130 Å². The molecule has 0 amide bonds. The zero-order valence-electron chi connectivity index (χ0n) is 11.0. The van der Waals surface area contributed by atoms with E-state index in [2.05, 4.69) is 25.8 Å². The van der Waals surface area contributed by atoms with Crippen LogP contribution in [0.4, 0.5) is 5.82 Å². The van der Waals surface area contributed by atoms with Gasteiger partial charge in [0.15, 0.2) is 11.5 Å². The first kappa shape index (κ1) is 13.8. The lowest BCUT2D eigenvalue weighted by molar-refractivity contribution is 0.924. The van der Waals surface area contributed by atoms with Crippen molar-refractivity contribution in [1.29, 1.82) is 0 Å².